The molecule has 3 fully saturated rings. The highest BCUT2D eigenvalue weighted by molar-refractivity contribution is 6.90. The number of nitrogens with zero attached hydrogens (tertiary/aromatic N) is 6. The Morgan fingerprint density at radius 2 is 1.65 bits per heavy atom. The minimum atomic E-state index is -2.30. The first-order valence-electron chi connectivity index (χ1n) is 22.3. The van der Waals surface area contributed by atoms with E-state index >= 15 is 8.78 Å². The van der Waals surface area contributed by atoms with Crippen LogP contribution < -0.4 is 14.4 Å². The molecule has 0 saturated carbocycles. The van der Waals surface area contributed by atoms with Crippen LogP contribution in [0.1, 0.15) is 100.0 Å². The quantitative estimate of drug-likeness (QED) is 0.0823. The molecule has 3 saturated heterocycles. The first kappa shape index (κ1) is 45.4. The summed E-state index contributed by atoms with van der Waals surface area (Å²) >= 11 is 0. The highest BCUT2D eigenvalue weighted by Crippen LogP contribution is 2.43. The predicted octanol–water partition coefficient (Wildman–Crippen LogP) is 10.1. The van der Waals surface area contributed by atoms with Gasteiger partial charge in [-0.3, -0.25) is 9.88 Å². The van der Waals surface area contributed by atoms with E-state index in [1.807, 2.05) is 25.7 Å². The maximum atomic E-state index is 17.8. The second kappa shape index (κ2) is 18.3. The summed E-state index contributed by atoms with van der Waals surface area (Å²) in [5.74, 6) is 3.04. The molecule has 0 radical (unpaired) electrons. The summed E-state index contributed by atoms with van der Waals surface area (Å²) in [5.41, 5.74) is 4.53. The summed E-state index contributed by atoms with van der Waals surface area (Å²) in [6.45, 7) is 21.1. The van der Waals surface area contributed by atoms with Crippen molar-refractivity contribution < 1.29 is 32.5 Å². The van der Waals surface area contributed by atoms with E-state index in [1.54, 1.807) is 24.4 Å². The van der Waals surface area contributed by atoms with E-state index < -0.39 is 25.3 Å². The minimum Gasteiger partial charge on any atom is -0.468 e. The standard InChI is InChI=1S/C48H64F2N6O5Si/c1-29(2)62(30(3)4,31(5)6)21-19-37-40(49)18-15-32-22-36(60-28-58-11)23-38(41(32)37)43-42(50)44-39(24-51-43)45(53-46(52-44)59-27-35-14-12-13-20-54(35)10)55-25-33-16-17-34(26-55)56(33)47(57)61-48(7,8)9/h15,18,22-24,29-31,33-35H,12-14,16-17,20,25-28H2,1-11H3/t33-,34+,35-/m0/s1. The first-order chi connectivity index (χ1) is 29.4. The van der Waals surface area contributed by atoms with Gasteiger partial charge in [-0.15, -0.1) is 5.54 Å². The molecule has 0 aliphatic carbocycles. The zero-order valence-corrected chi connectivity index (χ0v) is 39.4. The number of aromatic nitrogens is 3. The molecule has 3 atom stereocenters. The number of halogens is 2. The van der Waals surface area contributed by atoms with Crippen LogP contribution in [0, 0.1) is 23.1 Å². The minimum absolute atomic E-state index is 0.0279. The lowest BCUT2D eigenvalue weighted by molar-refractivity contribution is 0.0122. The zero-order chi connectivity index (χ0) is 44.7. The lowest BCUT2D eigenvalue weighted by Crippen LogP contribution is -2.57. The van der Waals surface area contributed by atoms with Crippen LogP contribution in [0.25, 0.3) is 32.9 Å². The number of anilines is 1. The van der Waals surface area contributed by atoms with Crippen molar-refractivity contribution in [2.45, 2.75) is 135 Å². The summed E-state index contributed by atoms with van der Waals surface area (Å²) in [4.78, 5) is 34.1. The molecule has 2 aromatic heterocycles. The van der Waals surface area contributed by atoms with Crippen molar-refractivity contribution in [2.24, 2.45) is 0 Å². The molecule has 5 heterocycles. The Morgan fingerprint density at radius 3 is 2.27 bits per heavy atom. The van der Waals surface area contributed by atoms with Crippen molar-refractivity contribution in [3.05, 3.63) is 47.7 Å². The molecular formula is C48H64F2N6O5Si. The molecule has 62 heavy (non-hydrogen) atoms. The highest BCUT2D eigenvalue weighted by atomic mass is 28.3. The number of methoxy groups -OCH3 is 1. The number of likely N-dealkylation sites (N-methyl/N-ethyl adjacent to an activating group) is 1. The summed E-state index contributed by atoms with van der Waals surface area (Å²) in [7, 11) is 1.31. The van der Waals surface area contributed by atoms with Crippen molar-refractivity contribution in [1.29, 1.82) is 0 Å². The van der Waals surface area contributed by atoms with E-state index in [9.17, 15) is 4.79 Å². The predicted molar refractivity (Wildman–Crippen MR) is 243 cm³/mol. The van der Waals surface area contributed by atoms with E-state index in [4.69, 9.17) is 33.9 Å². The number of amides is 1. The average Bonchev–Trinajstić information content (AvgIpc) is 3.48. The molecule has 0 unspecified atom stereocenters. The lowest BCUT2D eigenvalue weighted by atomic mass is 9.95. The fourth-order valence-electron chi connectivity index (χ4n) is 10.3. The van der Waals surface area contributed by atoms with Gasteiger partial charge in [-0.1, -0.05) is 60.0 Å². The third-order valence-electron chi connectivity index (χ3n) is 13.3. The number of benzene rings is 2. The normalized spacial score (nSPS) is 19.8. The van der Waals surface area contributed by atoms with Gasteiger partial charge in [0.2, 0.25) is 0 Å². The number of fused-ring (bicyclic) bond motifs is 4. The Labute approximate surface area is 366 Å². The zero-order valence-electron chi connectivity index (χ0n) is 38.4. The lowest BCUT2D eigenvalue weighted by Gasteiger charge is -2.42. The molecule has 14 heteroatoms. The Bertz CT molecular complexity index is 2320. The van der Waals surface area contributed by atoms with E-state index in [0.29, 0.717) is 69.6 Å². The van der Waals surface area contributed by atoms with E-state index in [-0.39, 0.29) is 53.8 Å². The maximum absolute atomic E-state index is 17.8. The van der Waals surface area contributed by atoms with Gasteiger partial charge in [-0.05, 0) is 100 Å². The van der Waals surface area contributed by atoms with Crippen LogP contribution in [0.4, 0.5) is 19.4 Å². The van der Waals surface area contributed by atoms with Crippen molar-refractivity contribution in [3.8, 4) is 34.5 Å². The molecular weight excluding hydrogens is 807 g/mol. The third-order valence-corrected chi connectivity index (χ3v) is 19.6. The van der Waals surface area contributed by atoms with E-state index in [1.165, 1.54) is 13.2 Å². The van der Waals surface area contributed by atoms with Crippen LogP contribution in [0.3, 0.4) is 0 Å². The third kappa shape index (κ3) is 8.95. The SMILES string of the molecule is COCOc1cc(-c2ncc3c(N4C[C@H]5CC[C@@H](C4)N5C(=O)OC(C)(C)C)nc(OC[C@@H]4CCCCN4C)nc3c2F)c2c(C#C[Si](C(C)C)(C(C)C)C(C)C)c(F)ccc2c1. The number of piperidine rings is 1. The van der Waals surface area contributed by atoms with Crippen LogP contribution in [0.5, 0.6) is 11.8 Å². The molecule has 11 nitrogen and oxygen atoms in total. The molecule has 4 aromatic rings. The molecule has 0 N–H and O–H groups in total. The smallest absolute Gasteiger partial charge is 0.410 e. The number of hydrogen-bond donors (Lipinski definition) is 0. The number of carbonyl (C=O) groups excluding carboxylic acids is 1. The monoisotopic (exact) mass is 870 g/mol. The number of rotatable bonds is 11. The van der Waals surface area contributed by atoms with Gasteiger partial charge in [0.15, 0.2) is 12.6 Å². The molecule has 2 bridgehead atoms. The first-order valence-corrected chi connectivity index (χ1v) is 24.5. The Morgan fingerprint density at radius 1 is 0.952 bits per heavy atom. The number of hydrogen-bond acceptors (Lipinski definition) is 10. The molecule has 334 valence electrons. The molecule has 3 aliphatic rings. The van der Waals surface area contributed by atoms with Gasteiger partial charge in [-0.25, -0.2) is 13.6 Å². The van der Waals surface area contributed by atoms with Crippen LogP contribution >= 0.6 is 0 Å². The molecule has 1 amide bonds. The van der Waals surface area contributed by atoms with Crippen molar-refractivity contribution in [2.75, 3.05) is 52.1 Å². The summed E-state index contributed by atoms with van der Waals surface area (Å²) < 4.78 is 57.4. The van der Waals surface area contributed by atoms with Crippen molar-refractivity contribution in [3.63, 3.8) is 0 Å². The largest absolute Gasteiger partial charge is 0.468 e. The topological polar surface area (TPSA) is 102 Å². The fraction of sp³-hybridized carbons (Fsp3) is 0.583. The van der Waals surface area contributed by atoms with Crippen LogP contribution in [0.15, 0.2) is 30.5 Å². The van der Waals surface area contributed by atoms with Gasteiger partial charge in [0.25, 0.3) is 0 Å². The van der Waals surface area contributed by atoms with Gasteiger partial charge in [0, 0.05) is 43.4 Å². The Balaban J connectivity index is 1.40. The van der Waals surface area contributed by atoms with Gasteiger partial charge in [0.05, 0.1) is 23.0 Å². The fourth-order valence-corrected chi connectivity index (χ4v) is 15.5. The van der Waals surface area contributed by atoms with E-state index in [2.05, 4.69) is 69.9 Å². The highest BCUT2D eigenvalue weighted by Gasteiger charge is 2.45. The number of pyridine rings is 1. The summed E-state index contributed by atoms with van der Waals surface area (Å²) in [5, 5.41) is 1.46. The summed E-state index contributed by atoms with van der Waals surface area (Å²) in [6.07, 6.45) is 6.08. The molecule has 3 aliphatic heterocycles. The second-order valence-electron chi connectivity index (χ2n) is 19.3. The van der Waals surface area contributed by atoms with Crippen LogP contribution in [-0.2, 0) is 9.47 Å². The van der Waals surface area contributed by atoms with E-state index in [0.717, 1.165) is 38.6 Å². The molecule has 2 aromatic carbocycles. The van der Waals surface area contributed by atoms with Crippen LogP contribution in [0.2, 0.25) is 16.6 Å². The van der Waals surface area contributed by atoms with Gasteiger partial charge >= 0.3 is 12.1 Å². The number of ether oxygens (including phenoxy) is 4. The Kier molecular flexibility index (Phi) is 13.4. The number of carbonyl (C=O) groups is 1. The Hall–Kier alpha value is -4.58. The molecule has 7 rings (SSSR count). The maximum Gasteiger partial charge on any atom is 0.410 e. The number of piperazine rings is 1. The molecule has 0 spiro atoms. The average molecular weight is 871 g/mol. The van der Waals surface area contributed by atoms with Crippen LogP contribution in [-0.4, -0.2) is 110 Å². The summed E-state index contributed by atoms with van der Waals surface area (Å²) in [6, 6.07) is 6.52. The van der Waals surface area contributed by atoms with Gasteiger partial charge in [0.1, 0.15) is 48.9 Å². The van der Waals surface area contributed by atoms with Gasteiger partial charge in [-0.2, -0.15) is 9.97 Å². The van der Waals surface area contributed by atoms with Crippen molar-refractivity contribution >= 4 is 41.7 Å². The van der Waals surface area contributed by atoms with Gasteiger partial charge < -0.3 is 28.7 Å². The number of likely N-dealkylation sites (tertiary alicyclic amines) is 1. The second-order valence-corrected chi connectivity index (χ2v) is 24.9. The van der Waals surface area contributed by atoms with Crippen molar-refractivity contribution in [1.82, 2.24) is 24.8 Å².